The number of thioether (sulfide) groups is 1. The smallest absolute Gasteiger partial charge is 0.138 e. The average molecular weight is 304 g/mol. The van der Waals surface area contributed by atoms with Crippen LogP contribution in [0.15, 0.2) is 23.1 Å². The molecule has 1 atom stereocenters. The number of benzene rings is 1. The zero-order valence-electron chi connectivity index (χ0n) is 12.2. The summed E-state index contributed by atoms with van der Waals surface area (Å²) in [6, 6.07) is 8.04. The molecule has 0 aliphatic carbocycles. The highest BCUT2D eigenvalue weighted by molar-refractivity contribution is 7.98. The topological polar surface area (TPSA) is 54.3 Å². The molecule has 4 nitrogen and oxygen atoms in total. The van der Waals surface area contributed by atoms with Crippen LogP contribution in [0.2, 0.25) is 0 Å². The van der Waals surface area contributed by atoms with Crippen LogP contribution in [0.3, 0.4) is 0 Å². The van der Waals surface area contributed by atoms with Crippen molar-refractivity contribution in [3.63, 3.8) is 0 Å². The SMILES string of the molecule is CSc1cccc(OC2COC3(CCNCC3)C2)c1C#N. The first kappa shape index (κ1) is 14.7. The molecule has 0 amide bonds. The van der Waals surface area contributed by atoms with Crippen molar-refractivity contribution in [3.8, 4) is 11.8 Å². The Kier molecular flexibility index (Phi) is 4.39. The Morgan fingerprint density at radius 1 is 1.43 bits per heavy atom. The van der Waals surface area contributed by atoms with E-state index in [-0.39, 0.29) is 11.7 Å². The fourth-order valence-corrected chi connectivity index (χ4v) is 3.74. The Hall–Kier alpha value is -1.22. The fourth-order valence-electron chi connectivity index (χ4n) is 3.18. The summed E-state index contributed by atoms with van der Waals surface area (Å²) in [7, 11) is 0. The van der Waals surface area contributed by atoms with E-state index in [1.54, 1.807) is 11.8 Å². The highest BCUT2D eigenvalue weighted by Gasteiger charge is 2.42. The van der Waals surface area contributed by atoms with Crippen molar-refractivity contribution in [3.05, 3.63) is 23.8 Å². The van der Waals surface area contributed by atoms with Gasteiger partial charge in [-0.3, -0.25) is 0 Å². The van der Waals surface area contributed by atoms with Crippen molar-refractivity contribution < 1.29 is 9.47 Å². The number of ether oxygens (including phenoxy) is 2. The van der Waals surface area contributed by atoms with Gasteiger partial charge in [0.1, 0.15) is 23.5 Å². The van der Waals surface area contributed by atoms with Gasteiger partial charge in [0.05, 0.1) is 12.2 Å². The summed E-state index contributed by atoms with van der Waals surface area (Å²) in [5.41, 5.74) is 0.621. The quantitative estimate of drug-likeness (QED) is 0.870. The molecule has 1 N–H and O–H groups in total. The van der Waals surface area contributed by atoms with Crippen LogP contribution < -0.4 is 10.1 Å². The van der Waals surface area contributed by atoms with E-state index >= 15 is 0 Å². The normalized spacial score (nSPS) is 23.9. The molecule has 0 aromatic heterocycles. The molecule has 2 aliphatic rings. The monoisotopic (exact) mass is 304 g/mol. The zero-order chi connectivity index (χ0) is 14.7. The number of piperidine rings is 1. The molecule has 2 saturated heterocycles. The van der Waals surface area contributed by atoms with Crippen LogP contribution in [0.25, 0.3) is 0 Å². The molecule has 1 aromatic rings. The summed E-state index contributed by atoms with van der Waals surface area (Å²) < 4.78 is 12.1. The number of nitriles is 1. The van der Waals surface area contributed by atoms with Crippen LogP contribution in [-0.4, -0.2) is 37.7 Å². The lowest BCUT2D eigenvalue weighted by atomic mass is 9.89. The van der Waals surface area contributed by atoms with Gasteiger partial charge in [0, 0.05) is 11.3 Å². The lowest BCUT2D eigenvalue weighted by Gasteiger charge is -2.32. The van der Waals surface area contributed by atoms with Gasteiger partial charge in [-0.05, 0) is 44.3 Å². The van der Waals surface area contributed by atoms with Crippen LogP contribution in [0.4, 0.5) is 0 Å². The molecular formula is C16H20N2O2S. The Morgan fingerprint density at radius 3 is 2.95 bits per heavy atom. The van der Waals surface area contributed by atoms with Crippen molar-refractivity contribution in [2.24, 2.45) is 0 Å². The number of rotatable bonds is 3. The van der Waals surface area contributed by atoms with Gasteiger partial charge >= 0.3 is 0 Å². The fraction of sp³-hybridized carbons (Fsp3) is 0.562. The maximum absolute atomic E-state index is 9.36. The van der Waals surface area contributed by atoms with E-state index in [0.717, 1.165) is 37.2 Å². The van der Waals surface area contributed by atoms with E-state index in [0.29, 0.717) is 17.9 Å². The summed E-state index contributed by atoms with van der Waals surface area (Å²) in [6.07, 6.45) is 5.03. The minimum atomic E-state index is -0.0140. The lowest BCUT2D eigenvalue weighted by Crippen LogP contribution is -2.41. The molecule has 1 unspecified atom stereocenters. The van der Waals surface area contributed by atoms with Crippen LogP contribution in [0.5, 0.6) is 5.75 Å². The molecular weight excluding hydrogens is 284 g/mol. The van der Waals surface area contributed by atoms with Crippen LogP contribution in [0.1, 0.15) is 24.8 Å². The molecule has 112 valence electrons. The van der Waals surface area contributed by atoms with Gasteiger partial charge in [0.2, 0.25) is 0 Å². The first-order valence-corrected chi connectivity index (χ1v) is 8.57. The maximum atomic E-state index is 9.36. The maximum Gasteiger partial charge on any atom is 0.138 e. The van der Waals surface area contributed by atoms with Crippen molar-refractivity contribution in [2.45, 2.75) is 35.9 Å². The summed E-state index contributed by atoms with van der Waals surface area (Å²) in [4.78, 5) is 0.963. The second kappa shape index (κ2) is 6.27. The highest BCUT2D eigenvalue weighted by Crippen LogP contribution is 2.37. The molecule has 0 radical (unpaired) electrons. The van der Waals surface area contributed by atoms with Crippen LogP contribution in [0, 0.1) is 11.3 Å². The van der Waals surface area contributed by atoms with Gasteiger partial charge in [-0.2, -0.15) is 5.26 Å². The van der Waals surface area contributed by atoms with Crippen LogP contribution in [-0.2, 0) is 4.74 Å². The van der Waals surface area contributed by atoms with Crippen molar-refractivity contribution in [1.82, 2.24) is 5.32 Å². The Bertz CT molecular complexity index is 550. The van der Waals surface area contributed by atoms with E-state index in [1.807, 2.05) is 24.5 Å². The number of nitrogens with zero attached hydrogens (tertiary/aromatic N) is 1. The predicted molar refractivity (Wildman–Crippen MR) is 82.8 cm³/mol. The third-order valence-corrected chi connectivity index (χ3v) is 5.08. The number of hydrogen-bond acceptors (Lipinski definition) is 5. The standard InChI is InChI=1S/C16H20N2O2S/c1-21-15-4-2-3-14(13(15)10-17)20-12-9-16(19-11-12)5-7-18-8-6-16/h2-4,12,18H,5-9,11H2,1H3. The van der Waals surface area contributed by atoms with Crippen molar-refractivity contribution in [2.75, 3.05) is 26.0 Å². The Morgan fingerprint density at radius 2 is 2.24 bits per heavy atom. The van der Waals surface area contributed by atoms with E-state index in [9.17, 15) is 5.26 Å². The molecule has 5 heteroatoms. The number of nitrogens with one attached hydrogen (secondary N) is 1. The van der Waals surface area contributed by atoms with E-state index in [1.165, 1.54) is 0 Å². The van der Waals surface area contributed by atoms with Crippen molar-refractivity contribution in [1.29, 1.82) is 5.26 Å². The van der Waals surface area contributed by atoms with Crippen molar-refractivity contribution >= 4 is 11.8 Å². The van der Waals surface area contributed by atoms with Gasteiger partial charge in [-0.15, -0.1) is 11.8 Å². The first-order chi connectivity index (χ1) is 10.3. The lowest BCUT2D eigenvalue weighted by molar-refractivity contribution is -0.0205. The van der Waals surface area contributed by atoms with Gasteiger partial charge in [0.15, 0.2) is 0 Å². The van der Waals surface area contributed by atoms with Gasteiger partial charge in [-0.1, -0.05) is 6.07 Å². The molecule has 1 spiro atoms. The first-order valence-electron chi connectivity index (χ1n) is 7.35. The van der Waals surface area contributed by atoms with E-state index < -0.39 is 0 Å². The highest BCUT2D eigenvalue weighted by atomic mass is 32.2. The van der Waals surface area contributed by atoms with Gasteiger partial charge in [-0.25, -0.2) is 0 Å². The predicted octanol–water partition coefficient (Wildman–Crippen LogP) is 2.57. The Balaban J connectivity index is 1.72. The summed E-state index contributed by atoms with van der Waals surface area (Å²) in [5, 5.41) is 12.7. The second-order valence-corrected chi connectivity index (χ2v) is 6.48. The molecule has 2 heterocycles. The molecule has 3 rings (SSSR count). The van der Waals surface area contributed by atoms with E-state index in [2.05, 4.69) is 11.4 Å². The molecule has 2 fully saturated rings. The third kappa shape index (κ3) is 3.03. The molecule has 0 bridgehead atoms. The average Bonchev–Trinajstić information content (AvgIpc) is 2.90. The molecule has 1 aromatic carbocycles. The van der Waals surface area contributed by atoms with Crippen LogP contribution >= 0.6 is 11.8 Å². The minimum Gasteiger partial charge on any atom is -0.486 e. The summed E-state index contributed by atoms with van der Waals surface area (Å²) in [6.45, 7) is 2.64. The second-order valence-electron chi connectivity index (χ2n) is 5.63. The Labute approximate surface area is 129 Å². The minimum absolute atomic E-state index is 0.0140. The van der Waals surface area contributed by atoms with Gasteiger partial charge < -0.3 is 14.8 Å². The molecule has 2 aliphatic heterocycles. The third-order valence-electron chi connectivity index (χ3n) is 4.30. The summed E-state index contributed by atoms with van der Waals surface area (Å²) >= 11 is 1.57. The summed E-state index contributed by atoms with van der Waals surface area (Å²) in [5.74, 6) is 0.684. The zero-order valence-corrected chi connectivity index (χ0v) is 13.0. The molecule has 21 heavy (non-hydrogen) atoms. The van der Waals surface area contributed by atoms with Gasteiger partial charge in [0.25, 0.3) is 0 Å². The molecule has 0 saturated carbocycles. The van der Waals surface area contributed by atoms with E-state index in [4.69, 9.17) is 9.47 Å². The largest absolute Gasteiger partial charge is 0.486 e. The number of hydrogen-bond donors (Lipinski definition) is 1.